The first-order chi connectivity index (χ1) is 7.74. The third kappa shape index (κ3) is 1.55. The molecule has 1 atom stereocenters. The number of hydrogen-bond donors (Lipinski definition) is 1. The summed E-state index contributed by atoms with van der Waals surface area (Å²) in [4.78, 5) is 4.87. The SMILES string of the molecule is CN1CC2CCCN2Cc2cc(O)ccc21. The first kappa shape index (κ1) is 9.97. The highest BCUT2D eigenvalue weighted by atomic mass is 16.3. The predicted molar refractivity (Wildman–Crippen MR) is 64.8 cm³/mol. The van der Waals surface area contributed by atoms with Crippen molar-refractivity contribution in [1.82, 2.24) is 4.90 Å². The summed E-state index contributed by atoms with van der Waals surface area (Å²) >= 11 is 0. The van der Waals surface area contributed by atoms with Gasteiger partial charge in [-0.25, -0.2) is 0 Å². The summed E-state index contributed by atoms with van der Waals surface area (Å²) in [5.74, 6) is 0.379. The van der Waals surface area contributed by atoms with E-state index in [0.717, 1.165) is 13.1 Å². The molecule has 1 unspecified atom stereocenters. The lowest BCUT2D eigenvalue weighted by Gasteiger charge is -2.24. The second-order valence-electron chi connectivity index (χ2n) is 4.96. The first-order valence-electron chi connectivity index (χ1n) is 6.01. The summed E-state index contributed by atoms with van der Waals surface area (Å²) in [5.41, 5.74) is 2.53. The molecule has 16 heavy (non-hydrogen) atoms. The van der Waals surface area contributed by atoms with E-state index in [-0.39, 0.29) is 0 Å². The number of phenols is 1. The van der Waals surface area contributed by atoms with Gasteiger partial charge in [0, 0.05) is 31.9 Å². The number of likely N-dealkylation sites (N-methyl/N-ethyl adjacent to an activating group) is 1. The molecule has 0 bridgehead atoms. The average molecular weight is 218 g/mol. The minimum Gasteiger partial charge on any atom is -0.508 e. The summed E-state index contributed by atoms with van der Waals surface area (Å²) in [6, 6.07) is 6.42. The minimum atomic E-state index is 0.379. The van der Waals surface area contributed by atoms with Crippen molar-refractivity contribution in [2.24, 2.45) is 0 Å². The van der Waals surface area contributed by atoms with Crippen molar-refractivity contribution in [3.63, 3.8) is 0 Å². The van der Waals surface area contributed by atoms with Crippen molar-refractivity contribution in [2.75, 3.05) is 25.0 Å². The van der Waals surface area contributed by atoms with Gasteiger partial charge in [-0.2, -0.15) is 0 Å². The van der Waals surface area contributed by atoms with E-state index < -0.39 is 0 Å². The fourth-order valence-electron chi connectivity index (χ4n) is 3.01. The Kier molecular flexibility index (Phi) is 2.28. The zero-order valence-electron chi connectivity index (χ0n) is 9.69. The van der Waals surface area contributed by atoms with Crippen LogP contribution in [0.1, 0.15) is 18.4 Å². The van der Waals surface area contributed by atoms with E-state index in [1.807, 2.05) is 12.1 Å². The van der Waals surface area contributed by atoms with Gasteiger partial charge in [0.05, 0.1) is 0 Å². The van der Waals surface area contributed by atoms with Crippen molar-refractivity contribution < 1.29 is 5.11 Å². The van der Waals surface area contributed by atoms with E-state index in [2.05, 4.69) is 16.8 Å². The van der Waals surface area contributed by atoms with Gasteiger partial charge < -0.3 is 10.0 Å². The molecule has 1 aromatic rings. The maximum absolute atomic E-state index is 9.57. The molecule has 1 aromatic carbocycles. The van der Waals surface area contributed by atoms with Gasteiger partial charge in [-0.1, -0.05) is 0 Å². The number of aromatic hydroxyl groups is 1. The topological polar surface area (TPSA) is 26.7 Å². The van der Waals surface area contributed by atoms with Crippen LogP contribution >= 0.6 is 0 Å². The Bertz CT molecular complexity index is 405. The highest BCUT2D eigenvalue weighted by molar-refractivity contribution is 5.56. The molecule has 0 spiro atoms. The molecule has 3 heteroatoms. The number of anilines is 1. The smallest absolute Gasteiger partial charge is 0.116 e. The van der Waals surface area contributed by atoms with Gasteiger partial charge in [0.15, 0.2) is 0 Å². The Labute approximate surface area is 96.3 Å². The Morgan fingerprint density at radius 2 is 2.25 bits per heavy atom. The zero-order valence-corrected chi connectivity index (χ0v) is 9.69. The Morgan fingerprint density at radius 1 is 1.38 bits per heavy atom. The summed E-state index contributed by atoms with van der Waals surface area (Å²) in [5, 5.41) is 9.57. The van der Waals surface area contributed by atoms with Gasteiger partial charge >= 0.3 is 0 Å². The zero-order chi connectivity index (χ0) is 11.1. The van der Waals surface area contributed by atoms with Crippen molar-refractivity contribution in [3.05, 3.63) is 23.8 Å². The molecule has 0 radical (unpaired) electrons. The summed E-state index contributed by atoms with van der Waals surface area (Å²) in [6.07, 6.45) is 2.62. The van der Waals surface area contributed by atoms with E-state index in [9.17, 15) is 5.11 Å². The monoisotopic (exact) mass is 218 g/mol. The maximum Gasteiger partial charge on any atom is 0.116 e. The van der Waals surface area contributed by atoms with Crippen LogP contribution in [0.15, 0.2) is 18.2 Å². The van der Waals surface area contributed by atoms with Crippen LogP contribution in [0, 0.1) is 0 Å². The lowest BCUT2D eigenvalue weighted by molar-refractivity contribution is 0.255. The predicted octanol–water partition coefficient (Wildman–Crippen LogP) is 1.81. The molecular formula is C13H18N2O. The number of nitrogens with zero attached hydrogens (tertiary/aromatic N) is 2. The maximum atomic E-state index is 9.57. The van der Waals surface area contributed by atoms with E-state index in [1.54, 1.807) is 6.07 Å². The molecule has 2 aliphatic rings. The third-order valence-electron chi connectivity index (χ3n) is 3.83. The van der Waals surface area contributed by atoms with Gasteiger partial charge in [-0.15, -0.1) is 0 Å². The van der Waals surface area contributed by atoms with E-state index >= 15 is 0 Å². The van der Waals surface area contributed by atoms with Crippen LogP contribution in [-0.2, 0) is 6.54 Å². The lowest BCUT2D eigenvalue weighted by atomic mass is 10.1. The van der Waals surface area contributed by atoms with Gasteiger partial charge in [-0.3, -0.25) is 4.90 Å². The van der Waals surface area contributed by atoms with Gasteiger partial charge in [0.2, 0.25) is 0 Å². The van der Waals surface area contributed by atoms with E-state index in [0.29, 0.717) is 11.8 Å². The van der Waals surface area contributed by atoms with Crippen LogP contribution in [-0.4, -0.2) is 36.2 Å². The normalized spacial score (nSPS) is 25.1. The highest BCUT2D eigenvalue weighted by Gasteiger charge is 2.29. The van der Waals surface area contributed by atoms with Gasteiger partial charge in [0.1, 0.15) is 5.75 Å². The van der Waals surface area contributed by atoms with Gasteiger partial charge in [0.25, 0.3) is 0 Å². The summed E-state index contributed by atoms with van der Waals surface area (Å²) in [6.45, 7) is 3.30. The number of rotatable bonds is 0. The number of phenolic OH excluding ortho intramolecular Hbond substituents is 1. The fraction of sp³-hybridized carbons (Fsp3) is 0.538. The Morgan fingerprint density at radius 3 is 3.12 bits per heavy atom. The van der Waals surface area contributed by atoms with Crippen LogP contribution < -0.4 is 4.90 Å². The van der Waals surface area contributed by atoms with Crippen molar-refractivity contribution in [1.29, 1.82) is 0 Å². The molecular weight excluding hydrogens is 200 g/mol. The highest BCUT2D eigenvalue weighted by Crippen LogP contribution is 2.32. The van der Waals surface area contributed by atoms with Crippen molar-refractivity contribution >= 4 is 5.69 Å². The molecule has 0 aromatic heterocycles. The molecule has 0 saturated carbocycles. The van der Waals surface area contributed by atoms with Crippen LogP contribution in [0.3, 0.4) is 0 Å². The summed E-state index contributed by atoms with van der Waals surface area (Å²) < 4.78 is 0. The standard InChI is InChI=1S/C13H18N2O/c1-14-9-11-3-2-6-15(11)8-10-7-12(16)4-5-13(10)14/h4-5,7,11,16H,2-3,6,8-9H2,1H3. The van der Waals surface area contributed by atoms with Crippen LogP contribution in [0.4, 0.5) is 5.69 Å². The Balaban J connectivity index is 2.00. The van der Waals surface area contributed by atoms with Gasteiger partial charge in [-0.05, 0) is 43.1 Å². The molecule has 0 aliphatic carbocycles. The van der Waals surface area contributed by atoms with Crippen molar-refractivity contribution in [3.8, 4) is 5.75 Å². The quantitative estimate of drug-likeness (QED) is 0.719. The second-order valence-corrected chi connectivity index (χ2v) is 4.96. The molecule has 2 aliphatic heterocycles. The molecule has 1 N–H and O–H groups in total. The van der Waals surface area contributed by atoms with E-state index in [1.165, 1.54) is 30.6 Å². The Hall–Kier alpha value is -1.22. The minimum absolute atomic E-state index is 0.379. The number of hydrogen-bond acceptors (Lipinski definition) is 3. The van der Waals surface area contributed by atoms with E-state index in [4.69, 9.17) is 0 Å². The summed E-state index contributed by atoms with van der Waals surface area (Å²) in [7, 11) is 2.15. The van der Waals surface area contributed by atoms with Crippen LogP contribution in [0.25, 0.3) is 0 Å². The average Bonchev–Trinajstić information content (AvgIpc) is 2.61. The van der Waals surface area contributed by atoms with Crippen LogP contribution in [0.2, 0.25) is 0 Å². The third-order valence-corrected chi connectivity index (χ3v) is 3.83. The first-order valence-corrected chi connectivity index (χ1v) is 6.01. The molecule has 2 heterocycles. The second kappa shape index (κ2) is 3.67. The van der Waals surface area contributed by atoms with Crippen molar-refractivity contribution in [2.45, 2.75) is 25.4 Å². The lowest BCUT2D eigenvalue weighted by Crippen LogP contribution is -2.35. The molecule has 3 nitrogen and oxygen atoms in total. The molecule has 3 rings (SSSR count). The largest absolute Gasteiger partial charge is 0.508 e. The van der Waals surface area contributed by atoms with Crippen LogP contribution in [0.5, 0.6) is 5.75 Å². The molecule has 0 amide bonds. The molecule has 1 saturated heterocycles. The molecule has 86 valence electrons. The number of benzene rings is 1. The number of fused-ring (bicyclic) bond motifs is 2. The molecule has 1 fully saturated rings. The fourth-order valence-corrected chi connectivity index (χ4v) is 3.01.